The summed E-state index contributed by atoms with van der Waals surface area (Å²) in [5, 5.41) is 3.79. The van der Waals surface area contributed by atoms with Gasteiger partial charge in [0.1, 0.15) is 10.7 Å². The van der Waals surface area contributed by atoms with E-state index in [9.17, 15) is 9.59 Å². The van der Waals surface area contributed by atoms with Gasteiger partial charge in [0.05, 0.1) is 11.4 Å². The molecule has 1 aliphatic rings. The quantitative estimate of drug-likeness (QED) is 0.709. The summed E-state index contributed by atoms with van der Waals surface area (Å²) < 4.78 is 0. The zero-order chi connectivity index (χ0) is 19.0. The number of amides is 1. The average molecular weight is 382 g/mol. The van der Waals surface area contributed by atoms with E-state index >= 15 is 0 Å². The van der Waals surface area contributed by atoms with E-state index in [-0.39, 0.29) is 17.5 Å². The molecule has 2 N–H and O–H groups in total. The van der Waals surface area contributed by atoms with Crippen molar-refractivity contribution < 1.29 is 4.79 Å². The van der Waals surface area contributed by atoms with Gasteiger partial charge in [0.25, 0.3) is 5.56 Å². The van der Waals surface area contributed by atoms with Crippen molar-refractivity contribution in [2.75, 3.05) is 0 Å². The molecule has 0 saturated heterocycles. The predicted molar refractivity (Wildman–Crippen MR) is 108 cm³/mol. The van der Waals surface area contributed by atoms with Crippen molar-refractivity contribution in [3.05, 3.63) is 62.0 Å². The van der Waals surface area contributed by atoms with Crippen molar-refractivity contribution >= 4 is 27.5 Å². The Balaban J connectivity index is 1.43. The lowest BCUT2D eigenvalue weighted by atomic mass is 10.0. The number of benzene rings is 1. The second-order valence-electron chi connectivity index (χ2n) is 7.20. The van der Waals surface area contributed by atoms with Gasteiger partial charge < -0.3 is 10.3 Å². The van der Waals surface area contributed by atoms with Crippen LogP contribution in [0.5, 0.6) is 0 Å². The lowest BCUT2D eigenvalue weighted by Gasteiger charge is -2.16. The first kappa shape index (κ1) is 17.9. The molecule has 0 spiro atoms. The number of fused-ring (bicyclic) bond motifs is 3. The van der Waals surface area contributed by atoms with Crippen LogP contribution in [0.25, 0.3) is 10.2 Å². The Kier molecular flexibility index (Phi) is 4.83. The molecule has 4 rings (SSSR count). The molecule has 0 bridgehead atoms. The molecule has 27 heavy (non-hydrogen) atoms. The van der Waals surface area contributed by atoms with E-state index in [1.165, 1.54) is 10.4 Å². The monoisotopic (exact) mass is 381 g/mol. The number of carbonyl (C=O) groups is 1. The molecule has 5 nitrogen and oxygen atoms in total. The SMILES string of the molecule is Cc1ccccc1[C@@H](C)NC(=O)CCc1nc2sc3c(c2c(=O)[nH]1)CCC3. The molecule has 1 aliphatic carbocycles. The summed E-state index contributed by atoms with van der Waals surface area (Å²) >= 11 is 1.63. The van der Waals surface area contributed by atoms with Crippen LogP contribution in [0.4, 0.5) is 0 Å². The number of hydrogen-bond acceptors (Lipinski definition) is 4. The normalized spacial score (nSPS) is 14.3. The number of nitrogens with one attached hydrogen (secondary N) is 2. The topological polar surface area (TPSA) is 74.8 Å². The second kappa shape index (κ2) is 7.27. The number of carbonyl (C=O) groups excluding carboxylic acids is 1. The molecule has 0 fully saturated rings. The van der Waals surface area contributed by atoms with Gasteiger partial charge in [-0.3, -0.25) is 9.59 Å². The Bertz CT molecular complexity index is 1070. The van der Waals surface area contributed by atoms with Gasteiger partial charge in [0.15, 0.2) is 0 Å². The molecule has 140 valence electrons. The minimum absolute atomic E-state index is 0.0397. The highest BCUT2D eigenvalue weighted by Gasteiger charge is 2.21. The lowest BCUT2D eigenvalue weighted by molar-refractivity contribution is -0.121. The minimum atomic E-state index is -0.0666. The molecule has 1 amide bonds. The summed E-state index contributed by atoms with van der Waals surface area (Å²) in [5.41, 5.74) is 3.39. The van der Waals surface area contributed by atoms with Gasteiger partial charge in [-0.1, -0.05) is 24.3 Å². The van der Waals surface area contributed by atoms with Gasteiger partial charge in [-0.05, 0) is 49.8 Å². The Morgan fingerprint density at radius 1 is 1.33 bits per heavy atom. The van der Waals surface area contributed by atoms with E-state index in [2.05, 4.69) is 15.3 Å². The van der Waals surface area contributed by atoms with E-state index in [1.807, 2.05) is 38.1 Å². The number of aryl methyl sites for hydroxylation is 4. The van der Waals surface area contributed by atoms with Gasteiger partial charge in [0, 0.05) is 17.7 Å². The molecule has 3 aromatic rings. The molecule has 0 aliphatic heterocycles. The molecule has 0 saturated carbocycles. The highest BCUT2D eigenvalue weighted by molar-refractivity contribution is 7.18. The Morgan fingerprint density at radius 2 is 2.15 bits per heavy atom. The third-order valence-electron chi connectivity index (χ3n) is 5.25. The standard InChI is InChI=1S/C21H23N3O2S/c1-12-6-3-4-7-14(12)13(2)22-18(25)11-10-17-23-20(26)19-15-8-5-9-16(15)27-21(19)24-17/h3-4,6-7,13H,5,8-11H2,1-2H3,(H,22,25)(H,23,24,26)/t13-/m1/s1. The van der Waals surface area contributed by atoms with Gasteiger partial charge in [-0.2, -0.15) is 0 Å². The molecule has 0 unspecified atom stereocenters. The lowest BCUT2D eigenvalue weighted by Crippen LogP contribution is -2.27. The maximum Gasteiger partial charge on any atom is 0.259 e. The largest absolute Gasteiger partial charge is 0.350 e. The van der Waals surface area contributed by atoms with E-state index in [0.29, 0.717) is 18.7 Å². The van der Waals surface area contributed by atoms with Crippen molar-refractivity contribution in [3.8, 4) is 0 Å². The van der Waals surface area contributed by atoms with Crippen LogP contribution in [0.3, 0.4) is 0 Å². The highest BCUT2D eigenvalue weighted by Crippen LogP contribution is 2.34. The minimum Gasteiger partial charge on any atom is -0.350 e. The van der Waals surface area contributed by atoms with Crippen molar-refractivity contribution in [2.45, 2.75) is 52.0 Å². The van der Waals surface area contributed by atoms with Crippen LogP contribution in [-0.4, -0.2) is 15.9 Å². The number of aromatic nitrogens is 2. The smallest absolute Gasteiger partial charge is 0.259 e. The first-order valence-electron chi connectivity index (χ1n) is 9.41. The van der Waals surface area contributed by atoms with Gasteiger partial charge in [-0.15, -0.1) is 11.3 Å². The Hall–Kier alpha value is -2.47. The summed E-state index contributed by atoms with van der Waals surface area (Å²) in [5.74, 6) is 0.549. The first-order valence-corrected chi connectivity index (χ1v) is 10.2. The number of thiophene rings is 1. The summed E-state index contributed by atoms with van der Waals surface area (Å²) in [6.07, 6.45) is 3.87. The Labute approximate surface area is 161 Å². The fourth-order valence-corrected chi connectivity index (χ4v) is 5.14. The van der Waals surface area contributed by atoms with Crippen molar-refractivity contribution in [1.82, 2.24) is 15.3 Å². The third-order valence-corrected chi connectivity index (χ3v) is 6.43. The summed E-state index contributed by atoms with van der Waals surface area (Å²) in [4.78, 5) is 34.4. The molecule has 1 aromatic carbocycles. The van der Waals surface area contributed by atoms with E-state index in [4.69, 9.17) is 0 Å². The van der Waals surface area contributed by atoms with Crippen LogP contribution < -0.4 is 10.9 Å². The first-order chi connectivity index (χ1) is 13.0. The van der Waals surface area contributed by atoms with E-state index in [1.54, 1.807) is 11.3 Å². The zero-order valence-electron chi connectivity index (χ0n) is 15.6. The van der Waals surface area contributed by atoms with Crippen LogP contribution in [0.2, 0.25) is 0 Å². The van der Waals surface area contributed by atoms with Crippen LogP contribution >= 0.6 is 11.3 Å². The highest BCUT2D eigenvalue weighted by atomic mass is 32.1. The van der Waals surface area contributed by atoms with Crippen LogP contribution in [0.1, 0.15) is 53.2 Å². The summed E-state index contributed by atoms with van der Waals surface area (Å²) in [7, 11) is 0. The van der Waals surface area contributed by atoms with Crippen LogP contribution in [0.15, 0.2) is 29.1 Å². The third kappa shape index (κ3) is 3.54. The molecule has 0 radical (unpaired) electrons. The zero-order valence-corrected chi connectivity index (χ0v) is 16.4. The number of rotatable bonds is 5. The average Bonchev–Trinajstić information content (AvgIpc) is 3.20. The number of H-pyrrole nitrogens is 1. The van der Waals surface area contributed by atoms with Crippen LogP contribution in [0, 0.1) is 6.92 Å². The molecule has 6 heteroatoms. The van der Waals surface area contributed by atoms with Crippen molar-refractivity contribution in [1.29, 1.82) is 0 Å². The predicted octanol–water partition coefficient (Wildman–Crippen LogP) is 3.59. The van der Waals surface area contributed by atoms with Gasteiger partial charge in [0.2, 0.25) is 5.91 Å². The molecular weight excluding hydrogens is 358 g/mol. The number of aromatic amines is 1. The molecule has 2 aromatic heterocycles. The Morgan fingerprint density at radius 3 is 2.96 bits per heavy atom. The molecular formula is C21H23N3O2S. The molecule has 1 atom stereocenters. The maximum atomic E-state index is 12.5. The summed E-state index contributed by atoms with van der Waals surface area (Å²) in [6, 6.07) is 8.00. The van der Waals surface area contributed by atoms with Crippen molar-refractivity contribution in [2.24, 2.45) is 0 Å². The van der Waals surface area contributed by atoms with Crippen LogP contribution in [-0.2, 0) is 24.1 Å². The molecule has 2 heterocycles. The second-order valence-corrected chi connectivity index (χ2v) is 8.28. The number of hydrogen-bond donors (Lipinski definition) is 2. The fraction of sp³-hybridized carbons (Fsp3) is 0.381. The summed E-state index contributed by atoms with van der Waals surface area (Å²) in [6.45, 7) is 4.03. The maximum absolute atomic E-state index is 12.5. The van der Waals surface area contributed by atoms with Crippen molar-refractivity contribution in [3.63, 3.8) is 0 Å². The van der Waals surface area contributed by atoms with E-state index < -0.39 is 0 Å². The number of nitrogens with zero attached hydrogens (tertiary/aromatic N) is 1. The fourth-order valence-electron chi connectivity index (χ4n) is 3.86. The van der Waals surface area contributed by atoms with Gasteiger partial charge >= 0.3 is 0 Å². The van der Waals surface area contributed by atoms with E-state index in [0.717, 1.165) is 40.6 Å². The van der Waals surface area contributed by atoms with Gasteiger partial charge in [-0.25, -0.2) is 4.98 Å².